The number of rotatable bonds is 6. The Balaban J connectivity index is 1.24. The van der Waals surface area contributed by atoms with Gasteiger partial charge in [-0.25, -0.2) is 4.79 Å². The fourth-order valence-electron chi connectivity index (χ4n) is 5.61. The highest BCUT2D eigenvalue weighted by Gasteiger charge is 2.30. The number of hydrogen-bond acceptors (Lipinski definition) is 8. The number of benzene rings is 2. The Morgan fingerprint density at radius 1 is 1.10 bits per heavy atom. The molecule has 1 saturated heterocycles. The zero-order valence-electron chi connectivity index (χ0n) is 21.8. The molecule has 11 nitrogen and oxygen atoms in total. The molecule has 2 aliphatic heterocycles. The van der Waals surface area contributed by atoms with Gasteiger partial charge in [0.2, 0.25) is 5.91 Å². The summed E-state index contributed by atoms with van der Waals surface area (Å²) in [5.41, 5.74) is 4.10. The van der Waals surface area contributed by atoms with Gasteiger partial charge in [0.15, 0.2) is 5.58 Å². The van der Waals surface area contributed by atoms with Gasteiger partial charge in [-0.05, 0) is 18.2 Å². The first kappa shape index (κ1) is 26.5. The number of fused-ring (bicyclic) bond motifs is 3. The number of oxazole rings is 1. The summed E-state index contributed by atoms with van der Waals surface area (Å²) < 4.78 is 5.19. The van der Waals surface area contributed by atoms with Crippen LogP contribution in [-0.2, 0) is 17.8 Å². The van der Waals surface area contributed by atoms with Crippen molar-refractivity contribution in [1.29, 1.82) is 0 Å². The van der Waals surface area contributed by atoms with Crippen molar-refractivity contribution in [1.82, 2.24) is 24.7 Å². The van der Waals surface area contributed by atoms with Crippen LogP contribution in [0.4, 0.5) is 5.69 Å². The molecule has 3 N–H and O–H groups in total. The summed E-state index contributed by atoms with van der Waals surface area (Å²) in [7, 11) is 0. The van der Waals surface area contributed by atoms with Crippen LogP contribution in [0.25, 0.3) is 22.0 Å². The molecule has 2 aromatic carbocycles. The van der Waals surface area contributed by atoms with Crippen LogP contribution in [-0.4, -0.2) is 94.0 Å². The average Bonchev–Trinajstić information content (AvgIpc) is 3.32. The van der Waals surface area contributed by atoms with Gasteiger partial charge in [-0.3, -0.25) is 29.4 Å². The molecule has 6 rings (SSSR count). The highest BCUT2D eigenvalue weighted by atomic mass is 35.5. The van der Waals surface area contributed by atoms with E-state index in [1.165, 1.54) is 6.07 Å². The second-order valence-electron chi connectivity index (χ2n) is 10.1. The molecular weight excluding hydrogens is 536 g/mol. The van der Waals surface area contributed by atoms with Crippen molar-refractivity contribution in [3.8, 4) is 0 Å². The summed E-state index contributed by atoms with van der Waals surface area (Å²) in [5.74, 6) is -0.960. The van der Waals surface area contributed by atoms with Crippen LogP contribution in [0.3, 0.4) is 0 Å². The lowest BCUT2D eigenvalue weighted by molar-refractivity contribution is -0.117. The van der Waals surface area contributed by atoms with Gasteiger partial charge < -0.3 is 19.7 Å². The van der Waals surface area contributed by atoms with Crippen molar-refractivity contribution in [2.75, 3.05) is 57.7 Å². The molecule has 2 amide bonds. The van der Waals surface area contributed by atoms with E-state index in [0.717, 1.165) is 22.2 Å². The van der Waals surface area contributed by atoms with Gasteiger partial charge in [-0.2, -0.15) is 0 Å². The lowest BCUT2D eigenvalue weighted by Crippen LogP contribution is -2.49. The lowest BCUT2D eigenvalue weighted by atomic mass is 9.94. The third-order valence-electron chi connectivity index (χ3n) is 7.54. The van der Waals surface area contributed by atoms with Crippen molar-refractivity contribution in [2.45, 2.75) is 13.0 Å². The van der Waals surface area contributed by atoms with E-state index in [1.54, 1.807) is 6.07 Å². The normalized spacial score (nSPS) is 16.4. The summed E-state index contributed by atoms with van der Waals surface area (Å²) in [5, 5.41) is 13.2. The van der Waals surface area contributed by atoms with Crippen LogP contribution < -0.4 is 11.1 Å². The van der Waals surface area contributed by atoms with Crippen LogP contribution >= 0.6 is 11.6 Å². The Morgan fingerprint density at radius 3 is 2.70 bits per heavy atom. The van der Waals surface area contributed by atoms with E-state index < -0.39 is 5.76 Å². The van der Waals surface area contributed by atoms with Gasteiger partial charge >= 0.3 is 5.76 Å². The number of aromatic nitrogens is 2. The fraction of sp³-hybridized carbons (Fsp3) is 0.357. The van der Waals surface area contributed by atoms with Gasteiger partial charge in [0, 0.05) is 73.9 Å². The number of pyridine rings is 1. The van der Waals surface area contributed by atoms with E-state index in [-0.39, 0.29) is 30.5 Å². The van der Waals surface area contributed by atoms with E-state index in [0.29, 0.717) is 74.0 Å². The molecule has 0 spiro atoms. The minimum atomic E-state index is -0.632. The molecule has 2 aromatic heterocycles. The Kier molecular flexibility index (Phi) is 7.28. The van der Waals surface area contributed by atoms with Crippen molar-refractivity contribution in [3.63, 3.8) is 0 Å². The molecule has 0 bridgehead atoms. The number of carbonyl (C=O) groups is 2. The Morgan fingerprint density at radius 2 is 1.90 bits per heavy atom. The Labute approximate surface area is 234 Å². The van der Waals surface area contributed by atoms with Gasteiger partial charge in [0.1, 0.15) is 0 Å². The SMILES string of the molecule is O=C(CN1CCc2nc3ccccc3c(C(=O)N3CCN(CCO)CC3)c2C1)Nc1cc(Cl)cc2[nH]c(=O)oc12. The van der Waals surface area contributed by atoms with Crippen molar-refractivity contribution < 1.29 is 19.1 Å². The summed E-state index contributed by atoms with van der Waals surface area (Å²) in [4.78, 5) is 52.1. The second kappa shape index (κ2) is 11.0. The third kappa shape index (κ3) is 5.20. The van der Waals surface area contributed by atoms with E-state index in [1.807, 2.05) is 34.1 Å². The molecule has 0 aliphatic carbocycles. The summed E-state index contributed by atoms with van der Waals surface area (Å²) in [6, 6.07) is 10.8. The van der Waals surface area contributed by atoms with Crippen molar-refractivity contribution in [3.05, 3.63) is 68.8 Å². The minimum absolute atomic E-state index is 0.0337. The first-order valence-electron chi connectivity index (χ1n) is 13.3. The maximum atomic E-state index is 14.0. The van der Waals surface area contributed by atoms with Gasteiger partial charge in [0.25, 0.3) is 5.91 Å². The van der Waals surface area contributed by atoms with Crippen LogP contribution in [0.15, 0.2) is 45.6 Å². The number of amides is 2. The summed E-state index contributed by atoms with van der Waals surface area (Å²) in [6.45, 7) is 4.36. The number of H-pyrrole nitrogens is 1. The molecule has 1 fully saturated rings. The Bertz CT molecular complexity index is 1660. The smallest absolute Gasteiger partial charge is 0.406 e. The zero-order chi connectivity index (χ0) is 27.8. The number of aliphatic hydroxyl groups excluding tert-OH is 1. The molecule has 2 aliphatic rings. The molecule has 208 valence electrons. The van der Waals surface area contributed by atoms with Crippen LogP contribution in [0.5, 0.6) is 0 Å². The molecule has 12 heteroatoms. The number of nitrogens with one attached hydrogen (secondary N) is 2. The number of piperazine rings is 1. The standard InChI is InChI=1S/C28H29ClN6O5/c29-17-13-22(26-23(14-17)32-28(39)40-26)31-24(37)16-34-6-5-21-19(15-34)25(18-3-1-2-4-20(18)30-21)27(38)35-9-7-33(8-10-35)11-12-36/h1-4,13-14,36H,5-12,15-16H2,(H,31,37)(H,32,39). The maximum Gasteiger partial charge on any atom is 0.417 e. The van der Waals surface area contributed by atoms with E-state index >= 15 is 0 Å². The zero-order valence-corrected chi connectivity index (χ0v) is 22.5. The topological polar surface area (TPSA) is 135 Å². The molecule has 0 atom stereocenters. The number of anilines is 1. The first-order chi connectivity index (χ1) is 19.4. The van der Waals surface area contributed by atoms with Crippen molar-refractivity contribution in [2.24, 2.45) is 0 Å². The average molecular weight is 565 g/mol. The van der Waals surface area contributed by atoms with Crippen LogP contribution in [0, 0.1) is 0 Å². The molecule has 0 saturated carbocycles. The number of β-amino-alcohol motifs (C(OH)–C–C–N with tert-alkyl or cyclic N) is 1. The molecule has 0 radical (unpaired) electrons. The van der Waals surface area contributed by atoms with Gasteiger partial charge in [0.05, 0.1) is 35.4 Å². The number of aliphatic hydroxyl groups is 1. The maximum absolute atomic E-state index is 14.0. The second-order valence-corrected chi connectivity index (χ2v) is 10.6. The van der Waals surface area contributed by atoms with E-state index in [2.05, 4.69) is 15.2 Å². The number of carbonyl (C=O) groups excluding carboxylic acids is 2. The fourth-order valence-corrected chi connectivity index (χ4v) is 5.83. The molecule has 0 unspecified atom stereocenters. The van der Waals surface area contributed by atoms with Gasteiger partial charge in [-0.15, -0.1) is 0 Å². The highest BCUT2D eigenvalue weighted by molar-refractivity contribution is 6.31. The van der Waals surface area contributed by atoms with E-state index in [9.17, 15) is 19.5 Å². The minimum Gasteiger partial charge on any atom is -0.406 e. The number of para-hydroxylation sites is 1. The van der Waals surface area contributed by atoms with E-state index in [4.69, 9.17) is 21.0 Å². The number of nitrogens with zero attached hydrogens (tertiary/aromatic N) is 4. The molecular formula is C28H29ClN6O5. The van der Waals surface area contributed by atoms with Crippen LogP contribution in [0.2, 0.25) is 5.02 Å². The van der Waals surface area contributed by atoms with Crippen molar-refractivity contribution >= 4 is 51.1 Å². The third-order valence-corrected chi connectivity index (χ3v) is 7.76. The lowest BCUT2D eigenvalue weighted by Gasteiger charge is -2.36. The molecule has 40 heavy (non-hydrogen) atoms. The Hall–Kier alpha value is -3.77. The quantitative estimate of drug-likeness (QED) is 0.324. The first-order valence-corrected chi connectivity index (χ1v) is 13.6. The predicted molar refractivity (Wildman–Crippen MR) is 151 cm³/mol. The number of aromatic amines is 1. The monoisotopic (exact) mass is 564 g/mol. The molecule has 4 heterocycles. The number of halogens is 1. The largest absolute Gasteiger partial charge is 0.417 e. The summed E-state index contributed by atoms with van der Waals surface area (Å²) in [6.07, 6.45) is 0.603. The van der Waals surface area contributed by atoms with Crippen LogP contribution in [0.1, 0.15) is 21.6 Å². The number of hydrogen-bond donors (Lipinski definition) is 3. The predicted octanol–water partition coefficient (Wildman–Crippen LogP) is 2.07. The molecule has 4 aromatic rings. The highest BCUT2D eigenvalue weighted by Crippen LogP contribution is 2.30. The van der Waals surface area contributed by atoms with Gasteiger partial charge in [-0.1, -0.05) is 29.8 Å². The summed E-state index contributed by atoms with van der Waals surface area (Å²) >= 11 is 6.17.